The van der Waals surface area contributed by atoms with E-state index in [9.17, 15) is 18.4 Å². The van der Waals surface area contributed by atoms with E-state index in [0.29, 0.717) is 23.5 Å². The number of aryl methyl sites for hydroxylation is 2. The number of fused-ring (bicyclic) bond motifs is 1. The molecule has 38 heavy (non-hydrogen) atoms. The van der Waals surface area contributed by atoms with Crippen LogP contribution < -0.4 is 5.32 Å². The van der Waals surface area contributed by atoms with Crippen LogP contribution in [0, 0.1) is 11.3 Å². The van der Waals surface area contributed by atoms with Gasteiger partial charge in [0.25, 0.3) is 0 Å². The molecular weight excluding hydrogens is 489 g/mol. The van der Waals surface area contributed by atoms with Crippen LogP contribution in [0.5, 0.6) is 0 Å². The van der Waals surface area contributed by atoms with Crippen LogP contribution in [0.1, 0.15) is 59.8 Å². The molecule has 0 radical (unpaired) electrons. The summed E-state index contributed by atoms with van der Waals surface area (Å²) in [6.45, 7) is 4.66. The van der Waals surface area contributed by atoms with Crippen LogP contribution in [0.2, 0.25) is 0 Å². The van der Waals surface area contributed by atoms with E-state index in [4.69, 9.17) is 4.98 Å². The zero-order chi connectivity index (χ0) is 27.0. The van der Waals surface area contributed by atoms with Crippen LogP contribution in [-0.4, -0.2) is 19.5 Å². The van der Waals surface area contributed by atoms with E-state index in [2.05, 4.69) is 41.3 Å². The highest BCUT2D eigenvalue weighted by atomic mass is 19.4. The maximum absolute atomic E-state index is 13.0. The number of nitriles is 1. The second-order valence-corrected chi connectivity index (χ2v) is 9.81. The predicted molar refractivity (Wildman–Crippen MR) is 139 cm³/mol. The van der Waals surface area contributed by atoms with Gasteiger partial charge in [-0.05, 0) is 47.9 Å². The van der Waals surface area contributed by atoms with E-state index in [1.807, 2.05) is 18.2 Å². The molecule has 9 heteroatoms. The van der Waals surface area contributed by atoms with Gasteiger partial charge in [0, 0.05) is 37.2 Å². The van der Waals surface area contributed by atoms with E-state index in [0.717, 1.165) is 59.1 Å². The molecule has 1 aliphatic rings. The quantitative estimate of drug-likeness (QED) is 0.310. The lowest BCUT2D eigenvalue weighted by Crippen LogP contribution is -2.09. The van der Waals surface area contributed by atoms with Crippen LogP contribution in [-0.2, 0) is 32.6 Å². The summed E-state index contributed by atoms with van der Waals surface area (Å²) in [5.74, 6) is 0.420. The molecule has 4 aromatic rings. The summed E-state index contributed by atoms with van der Waals surface area (Å²) in [6, 6.07) is 13.9. The molecule has 0 spiro atoms. The lowest BCUT2D eigenvalue weighted by atomic mass is 9.92. The molecule has 3 heterocycles. The smallest absolute Gasteiger partial charge is 0.379 e. The number of nitrogens with one attached hydrogen (secondary N) is 1. The van der Waals surface area contributed by atoms with Crippen LogP contribution in [0.15, 0.2) is 48.8 Å². The number of nitrogens with zero attached hydrogens (tertiary/aromatic N) is 5. The Morgan fingerprint density at radius 1 is 1.11 bits per heavy atom. The summed E-state index contributed by atoms with van der Waals surface area (Å²) >= 11 is 0. The number of anilines is 1. The topological polar surface area (TPSA) is 79.4 Å². The standard InChI is InChI=1S/C29H27F3N6/c1-17(2)19-7-4-5-8-20(19)27-22(13-33)26(21-9-6-10-23(21)36-27)35-15-18-11-12-24(34-14-18)28-37-25(16-38(28)3)29(30,31)32/h4-5,7-8,11-12,14,16-17H,6,9-10,15H2,1-3H3,(H,35,36). The fourth-order valence-electron chi connectivity index (χ4n) is 4.99. The lowest BCUT2D eigenvalue weighted by molar-refractivity contribution is -0.140. The summed E-state index contributed by atoms with van der Waals surface area (Å²) in [5.41, 5.74) is 6.45. The van der Waals surface area contributed by atoms with Gasteiger partial charge in [-0.25, -0.2) is 4.98 Å². The van der Waals surface area contributed by atoms with Gasteiger partial charge in [-0.15, -0.1) is 0 Å². The summed E-state index contributed by atoms with van der Waals surface area (Å²) in [6.07, 6.45) is 0.756. The molecule has 0 saturated carbocycles. The fraction of sp³-hybridized carbons (Fsp3) is 0.310. The Kier molecular flexibility index (Phi) is 6.66. The van der Waals surface area contributed by atoms with Crippen molar-refractivity contribution in [1.29, 1.82) is 5.26 Å². The predicted octanol–water partition coefficient (Wildman–Crippen LogP) is 6.66. The van der Waals surface area contributed by atoms with Crippen molar-refractivity contribution in [2.24, 2.45) is 7.05 Å². The molecule has 0 fully saturated rings. The van der Waals surface area contributed by atoms with Crippen molar-refractivity contribution in [3.63, 3.8) is 0 Å². The number of rotatable bonds is 6. The van der Waals surface area contributed by atoms with Gasteiger partial charge in [0.15, 0.2) is 11.5 Å². The molecule has 194 valence electrons. The molecule has 0 saturated heterocycles. The Labute approximate surface area is 219 Å². The van der Waals surface area contributed by atoms with Gasteiger partial charge in [-0.2, -0.15) is 18.4 Å². The minimum atomic E-state index is -4.52. The number of benzene rings is 1. The third-order valence-corrected chi connectivity index (χ3v) is 6.86. The number of halogens is 3. The van der Waals surface area contributed by atoms with Crippen molar-refractivity contribution >= 4 is 5.69 Å². The SMILES string of the molecule is CC(C)c1ccccc1-c1nc2c(c(NCc3ccc(-c4nc(C(F)(F)F)cn4C)nc3)c1C#N)CCC2. The monoisotopic (exact) mass is 516 g/mol. The molecule has 0 unspecified atom stereocenters. The van der Waals surface area contributed by atoms with Gasteiger partial charge >= 0.3 is 6.18 Å². The van der Waals surface area contributed by atoms with Gasteiger partial charge in [-0.1, -0.05) is 44.2 Å². The largest absolute Gasteiger partial charge is 0.434 e. The van der Waals surface area contributed by atoms with Gasteiger partial charge in [-0.3, -0.25) is 9.97 Å². The highest BCUT2D eigenvalue weighted by molar-refractivity contribution is 5.80. The van der Waals surface area contributed by atoms with Crippen molar-refractivity contribution in [2.75, 3.05) is 5.32 Å². The molecule has 5 rings (SSSR count). The molecule has 1 aliphatic carbocycles. The number of alkyl halides is 3. The average Bonchev–Trinajstić information content (AvgIpc) is 3.53. The fourth-order valence-corrected chi connectivity index (χ4v) is 4.99. The Balaban J connectivity index is 1.46. The second kappa shape index (κ2) is 9.93. The molecule has 0 amide bonds. The normalized spacial score (nSPS) is 13.0. The summed E-state index contributed by atoms with van der Waals surface area (Å²) < 4.78 is 40.5. The number of aromatic nitrogens is 4. The maximum Gasteiger partial charge on any atom is 0.434 e. The summed E-state index contributed by atoms with van der Waals surface area (Å²) in [4.78, 5) is 13.0. The molecule has 1 N–H and O–H groups in total. The molecule has 6 nitrogen and oxygen atoms in total. The summed E-state index contributed by atoms with van der Waals surface area (Å²) in [5, 5.41) is 13.7. The molecule has 1 aromatic carbocycles. The van der Waals surface area contributed by atoms with E-state index in [-0.39, 0.29) is 11.7 Å². The highest BCUT2D eigenvalue weighted by Crippen LogP contribution is 2.39. The number of hydrogen-bond acceptors (Lipinski definition) is 5. The lowest BCUT2D eigenvalue weighted by Gasteiger charge is -2.19. The Morgan fingerprint density at radius 3 is 2.55 bits per heavy atom. The molecular formula is C29H27F3N6. The number of pyridine rings is 2. The van der Waals surface area contributed by atoms with Gasteiger partial charge < -0.3 is 9.88 Å². The second-order valence-electron chi connectivity index (χ2n) is 9.81. The first-order valence-corrected chi connectivity index (χ1v) is 12.5. The van der Waals surface area contributed by atoms with Crippen LogP contribution >= 0.6 is 0 Å². The van der Waals surface area contributed by atoms with Gasteiger partial charge in [0.2, 0.25) is 0 Å². The molecule has 0 aliphatic heterocycles. The highest BCUT2D eigenvalue weighted by Gasteiger charge is 2.34. The minimum absolute atomic E-state index is 0.143. The Bertz CT molecular complexity index is 1530. The first-order chi connectivity index (χ1) is 18.2. The van der Waals surface area contributed by atoms with Crippen molar-refractivity contribution in [2.45, 2.75) is 51.7 Å². The molecule has 0 bridgehead atoms. The van der Waals surface area contributed by atoms with Crippen LogP contribution in [0.25, 0.3) is 22.8 Å². The Hall–Kier alpha value is -4.19. The zero-order valence-corrected chi connectivity index (χ0v) is 21.4. The zero-order valence-electron chi connectivity index (χ0n) is 21.4. The third-order valence-electron chi connectivity index (χ3n) is 6.86. The molecule has 0 atom stereocenters. The average molecular weight is 517 g/mol. The Morgan fingerprint density at radius 2 is 1.89 bits per heavy atom. The third kappa shape index (κ3) is 4.74. The van der Waals surface area contributed by atoms with E-state index in [1.54, 1.807) is 18.3 Å². The van der Waals surface area contributed by atoms with E-state index >= 15 is 0 Å². The first kappa shape index (κ1) is 25.5. The van der Waals surface area contributed by atoms with E-state index < -0.39 is 11.9 Å². The minimum Gasteiger partial charge on any atom is -0.379 e. The number of hydrogen-bond donors (Lipinski definition) is 1. The van der Waals surface area contributed by atoms with Crippen LogP contribution in [0.4, 0.5) is 18.9 Å². The first-order valence-electron chi connectivity index (χ1n) is 12.5. The van der Waals surface area contributed by atoms with Crippen molar-refractivity contribution in [1.82, 2.24) is 19.5 Å². The van der Waals surface area contributed by atoms with Crippen molar-refractivity contribution in [3.05, 3.63) is 82.4 Å². The summed E-state index contributed by atoms with van der Waals surface area (Å²) in [7, 11) is 1.51. The van der Waals surface area contributed by atoms with Gasteiger partial charge in [0.05, 0.1) is 11.4 Å². The van der Waals surface area contributed by atoms with Gasteiger partial charge in [0.1, 0.15) is 17.3 Å². The van der Waals surface area contributed by atoms with Crippen molar-refractivity contribution < 1.29 is 13.2 Å². The van der Waals surface area contributed by atoms with Crippen molar-refractivity contribution in [3.8, 4) is 28.8 Å². The van der Waals surface area contributed by atoms with Crippen LogP contribution in [0.3, 0.4) is 0 Å². The molecule has 3 aromatic heterocycles. The maximum atomic E-state index is 13.0. The number of imidazole rings is 1. The van der Waals surface area contributed by atoms with E-state index in [1.165, 1.54) is 11.6 Å².